The van der Waals surface area contributed by atoms with Crippen LogP contribution in [0.2, 0.25) is 0 Å². The maximum Gasteiger partial charge on any atom is 0.163 e. The zero-order valence-electron chi connectivity index (χ0n) is 13.6. The summed E-state index contributed by atoms with van der Waals surface area (Å²) in [4.78, 5) is 13.7. The second-order valence-corrected chi connectivity index (χ2v) is 5.67. The van der Waals surface area contributed by atoms with Crippen LogP contribution in [0, 0.1) is 13.8 Å². The Morgan fingerprint density at radius 2 is 1.95 bits per heavy atom. The first-order chi connectivity index (χ1) is 10.0. The van der Waals surface area contributed by atoms with E-state index in [1.165, 1.54) is 5.56 Å². The van der Waals surface area contributed by atoms with E-state index in [0.717, 1.165) is 41.4 Å². The molecule has 0 radical (unpaired) electrons. The number of pyridine rings is 1. The predicted octanol–water partition coefficient (Wildman–Crippen LogP) is 4.10. The van der Waals surface area contributed by atoms with Crippen LogP contribution in [0.5, 0.6) is 0 Å². The lowest BCUT2D eigenvalue weighted by atomic mass is 10.0. The molecule has 0 aliphatic carbocycles. The monoisotopic (exact) mass is 284 g/mol. The van der Waals surface area contributed by atoms with E-state index in [9.17, 15) is 0 Å². The third-order valence-corrected chi connectivity index (χ3v) is 3.54. The molecule has 0 saturated heterocycles. The average Bonchev–Trinajstić information content (AvgIpc) is 2.44. The van der Waals surface area contributed by atoms with Crippen molar-refractivity contribution in [3.63, 3.8) is 0 Å². The van der Waals surface area contributed by atoms with Gasteiger partial charge in [-0.2, -0.15) is 0 Å². The zero-order valence-corrected chi connectivity index (χ0v) is 13.6. The Kier molecular flexibility index (Phi) is 4.89. The van der Waals surface area contributed by atoms with Crippen molar-refractivity contribution in [2.24, 2.45) is 0 Å². The Hall–Kier alpha value is -1.97. The van der Waals surface area contributed by atoms with Crippen LogP contribution in [-0.2, 0) is 0 Å². The number of anilines is 1. The van der Waals surface area contributed by atoms with Crippen molar-refractivity contribution in [1.29, 1.82) is 0 Å². The molecule has 2 rings (SSSR count). The number of rotatable bonds is 5. The van der Waals surface area contributed by atoms with E-state index in [-0.39, 0.29) is 0 Å². The molecule has 21 heavy (non-hydrogen) atoms. The first-order valence-corrected chi connectivity index (χ1v) is 7.58. The molecule has 0 amide bonds. The SMILES string of the molecule is CCCNc1nc(-c2cnccc2C)nc(C)c1C(C)C. The number of aromatic nitrogens is 3. The minimum Gasteiger partial charge on any atom is -0.370 e. The topological polar surface area (TPSA) is 50.7 Å². The Labute approximate surface area is 127 Å². The molecule has 0 unspecified atom stereocenters. The Balaban J connectivity index is 2.54. The molecule has 0 aliphatic heterocycles. The van der Waals surface area contributed by atoms with Gasteiger partial charge in [0, 0.05) is 35.8 Å². The molecule has 0 bridgehead atoms. The lowest BCUT2D eigenvalue weighted by molar-refractivity contribution is 0.826. The van der Waals surface area contributed by atoms with Crippen molar-refractivity contribution in [3.05, 3.63) is 35.3 Å². The van der Waals surface area contributed by atoms with Crippen molar-refractivity contribution in [2.75, 3.05) is 11.9 Å². The van der Waals surface area contributed by atoms with Crippen molar-refractivity contribution in [3.8, 4) is 11.4 Å². The molecular formula is C17H24N4. The zero-order chi connectivity index (χ0) is 15.4. The van der Waals surface area contributed by atoms with Gasteiger partial charge in [0.05, 0.1) is 0 Å². The minimum absolute atomic E-state index is 0.397. The summed E-state index contributed by atoms with van der Waals surface area (Å²) in [5, 5.41) is 3.44. The van der Waals surface area contributed by atoms with Crippen LogP contribution in [0.4, 0.5) is 5.82 Å². The molecular weight excluding hydrogens is 260 g/mol. The highest BCUT2D eigenvalue weighted by molar-refractivity contribution is 5.62. The third-order valence-electron chi connectivity index (χ3n) is 3.54. The molecule has 2 aromatic rings. The Morgan fingerprint density at radius 1 is 1.19 bits per heavy atom. The first kappa shape index (κ1) is 15.4. The standard InChI is InChI=1S/C17H24N4/c1-6-8-19-17-15(11(2)3)13(5)20-16(21-17)14-10-18-9-7-12(14)4/h7,9-11H,6,8H2,1-5H3,(H,19,20,21). The van der Waals surface area contributed by atoms with Gasteiger partial charge in [0.15, 0.2) is 5.82 Å². The fourth-order valence-corrected chi connectivity index (χ4v) is 2.47. The fourth-order valence-electron chi connectivity index (χ4n) is 2.47. The van der Waals surface area contributed by atoms with E-state index in [1.54, 1.807) is 6.20 Å². The van der Waals surface area contributed by atoms with Crippen LogP contribution >= 0.6 is 0 Å². The molecule has 0 spiro atoms. The molecule has 4 nitrogen and oxygen atoms in total. The Bertz CT molecular complexity index is 620. The van der Waals surface area contributed by atoms with Gasteiger partial charge in [-0.15, -0.1) is 0 Å². The second kappa shape index (κ2) is 6.66. The Morgan fingerprint density at radius 3 is 2.57 bits per heavy atom. The molecule has 112 valence electrons. The lowest BCUT2D eigenvalue weighted by Crippen LogP contribution is -2.11. The van der Waals surface area contributed by atoms with Gasteiger partial charge in [-0.05, 0) is 37.8 Å². The highest BCUT2D eigenvalue weighted by Crippen LogP contribution is 2.28. The molecule has 0 saturated carbocycles. The molecule has 0 atom stereocenters. The van der Waals surface area contributed by atoms with Crippen molar-refractivity contribution in [2.45, 2.75) is 47.0 Å². The van der Waals surface area contributed by atoms with E-state index in [2.05, 4.69) is 44.9 Å². The number of hydrogen-bond donors (Lipinski definition) is 1. The van der Waals surface area contributed by atoms with E-state index in [4.69, 9.17) is 9.97 Å². The van der Waals surface area contributed by atoms with Gasteiger partial charge in [0.25, 0.3) is 0 Å². The highest BCUT2D eigenvalue weighted by atomic mass is 15.0. The fraction of sp³-hybridized carbons (Fsp3) is 0.471. The maximum atomic E-state index is 4.76. The number of aryl methyl sites for hydroxylation is 2. The largest absolute Gasteiger partial charge is 0.370 e. The van der Waals surface area contributed by atoms with Gasteiger partial charge in [-0.25, -0.2) is 9.97 Å². The summed E-state index contributed by atoms with van der Waals surface area (Å²) in [7, 11) is 0. The average molecular weight is 284 g/mol. The lowest BCUT2D eigenvalue weighted by Gasteiger charge is -2.17. The minimum atomic E-state index is 0.397. The van der Waals surface area contributed by atoms with Crippen molar-refractivity contribution in [1.82, 2.24) is 15.0 Å². The molecule has 0 fully saturated rings. The molecule has 0 aliphatic rings. The second-order valence-electron chi connectivity index (χ2n) is 5.67. The summed E-state index contributed by atoms with van der Waals surface area (Å²) in [5.41, 5.74) is 4.38. The third kappa shape index (κ3) is 3.38. The van der Waals surface area contributed by atoms with E-state index in [1.807, 2.05) is 12.3 Å². The smallest absolute Gasteiger partial charge is 0.163 e. The van der Waals surface area contributed by atoms with Crippen molar-refractivity contribution < 1.29 is 0 Å². The van der Waals surface area contributed by atoms with Gasteiger partial charge >= 0.3 is 0 Å². The summed E-state index contributed by atoms with van der Waals surface area (Å²) < 4.78 is 0. The van der Waals surface area contributed by atoms with Crippen LogP contribution < -0.4 is 5.32 Å². The van der Waals surface area contributed by atoms with Crippen molar-refractivity contribution >= 4 is 5.82 Å². The quantitative estimate of drug-likeness (QED) is 0.898. The normalized spacial score (nSPS) is 11.0. The highest BCUT2D eigenvalue weighted by Gasteiger charge is 2.16. The molecule has 4 heteroatoms. The first-order valence-electron chi connectivity index (χ1n) is 7.58. The van der Waals surface area contributed by atoms with Crippen LogP contribution in [0.1, 0.15) is 49.9 Å². The maximum absolute atomic E-state index is 4.76. The summed E-state index contributed by atoms with van der Waals surface area (Å²) in [6.45, 7) is 11.5. The van der Waals surface area contributed by atoms with Gasteiger partial charge in [0.1, 0.15) is 5.82 Å². The van der Waals surface area contributed by atoms with Gasteiger partial charge < -0.3 is 5.32 Å². The predicted molar refractivity (Wildman–Crippen MR) is 87.6 cm³/mol. The summed E-state index contributed by atoms with van der Waals surface area (Å²) in [6.07, 6.45) is 4.70. The van der Waals surface area contributed by atoms with Gasteiger partial charge in [-0.3, -0.25) is 4.98 Å². The summed E-state index contributed by atoms with van der Waals surface area (Å²) in [5.74, 6) is 2.10. The van der Waals surface area contributed by atoms with Crippen LogP contribution in [-0.4, -0.2) is 21.5 Å². The molecule has 2 heterocycles. The number of hydrogen-bond acceptors (Lipinski definition) is 4. The van der Waals surface area contributed by atoms with Crippen LogP contribution in [0.15, 0.2) is 18.5 Å². The number of nitrogens with zero attached hydrogens (tertiary/aromatic N) is 3. The molecule has 2 aromatic heterocycles. The summed E-state index contributed by atoms with van der Waals surface area (Å²) in [6, 6.07) is 1.99. The number of nitrogens with one attached hydrogen (secondary N) is 1. The van der Waals surface area contributed by atoms with Gasteiger partial charge in [0.2, 0.25) is 0 Å². The van der Waals surface area contributed by atoms with Crippen LogP contribution in [0.25, 0.3) is 11.4 Å². The van der Waals surface area contributed by atoms with Crippen LogP contribution in [0.3, 0.4) is 0 Å². The van der Waals surface area contributed by atoms with E-state index >= 15 is 0 Å². The summed E-state index contributed by atoms with van der Waals surface area (Å²) >= 11 is 0. The molecule has 1 N–H and O–H groups in total. The van der Waals surface area contributed by atoms with Gasteiger partial charge in [-0.1, -0.05) is 20.8 Å². The molecule has 0 aromatic carbocycles. The van der Waals surface area contributed by atoms with E-state index < -0.39 is 0 Å². The van der Waals surface area contributed by atoms with E-state index in [0.29, 0.717) is 5.92 Å².